The Labute approximate surface area is 245 Å². The largest absolute Gasteiger partial charge is 0.319 e. The summed E-state index contributed by atoms with van der Waals surface area (Å²) < 4.78 is 17.6. The number of allylic oxidation sites excluding steroid dienone is 1. The molecule has 1 aromatic carbocycles. The van der Waals surface area contributed by atoms with Crippen molar-refractivity contribution < 1.29 is 9.18 Å². The summed E-state index contributed by atoms with van der Waals surface area (Å²) in [7, 11) is 1.66. The van der Waals surface area contributed by atoms with Crippen LogP contribution in [0.4, 0.5) is 10.1 Å². The van der Waals surface area contributed by atoms with Gasteiger partial charge in [-0.15, -0.1) is 5.10 Å². The molecule has 0 aliphatic heterocycles. The predicted octanol–water partition coefficient (Wildman–Crippen LogP) is 3.09. The topological polar surface area (TPSA) is 148 Å². The molecule has 218 valence electrons. The predicted molar refractivity (Wildman–Crippen MR) is 159 cm³/mol. The van der Waals surface area contributed by atoms with Crippen LogP contribution in [0.5, 0.6) is 0 Å². The molecule has 0 saturated heterocycles. The second-order valence-electron chi connectivity index (χ2n) is 10.4. The number of fused-ring (bicyclic) bond motifs is 1. The van der Waals surface area contributed by atoms with Crippen LogP contribution in [0.25, 0.3) is 34.5 Å². The summed E-state index contributed by atoms with van der Waals surface area (Å²) in [6, 6.07) is 8.73. The van der Waals surface area contributed by atoms with Crippen molar-refractivity contribution in [2.45, 2.75) is 39.0 Å². The van der Waals surface area contributed by atoms with Crippen molar-refractivity contribution in [2.75, 3.05) is 12.4 Å². The quantitative estimate of drug-likeness (QED) is 0.254. The molecule has 1 amide bonds. The molecule has 1 aliphatic rings. The van der Waals surface area contributed by atoms with E-state index in [0.29, 0.717) is 23.6 Å². The van der Waals surface area contributed by atoms with E-state index >= 15 is 0 Å². The molecule has 6 rings (SSSR count). The molecule has 0 saturated carbocycles. The van der Waals surface area contributed by atoms with E-state index in [2.05, 4.69) is 41.2 Å². The van der Waals surface area contributed by atoms with E-state index in [9.17, 15) is 14.0 Å². The molecule has 0 spiro atoms. The van der Waals surface area contributed by atoms with Crippen LogP contribution in [0.2, 0.25) is 0 Å². The number of anilines is 1. The van der Waals surface area contributed by atoms with Crippen LogP contribution in [-0.4, -0.2) is 64.9 Å². The van der Waals surface area contributed by atoms with Crippen molar-refractivity contribution >= 4 is 17.7 Å². The first-order chi connectivity index (χ1) is 20.8. The van der Waals surface area contributed by atoms with Gasteiger partial charge in [-0.05, 0) is 66.2 Å². The lowest BCUT2D eigenvalue weighted by Gasteiger charge is -2.17. The highest BCUT2D eigenvalue weighted by Crippen LogP contribution is 2.29. The number of aromatic amines is 1. The number of carbonyl (C=O) groups is 1. The molecule has 4 heterocycles. The smallest absolute Gasteiger partial charge is 0.277 e. The molecule has 4 aromatic heterocycles. The number of nitrogens with one attached hydrogen (secondary N) is 3. The van der Waals surface area contributed by atoms with Gasteiger partial charge in [0.25, 0.3) is 5.56 Å². The third kappa shape index (κ3) is 5.49. The third-order valence-corrected chi connectivity index (χ3v) is 7.52. The van der Waals surface area contributed by atoms with Crippen LogP contribution < -0.4 is 16.2 Å². The fraction of sp³-hybridized carbons (Fsp3) is 0.233. The number of tetrazole rings is 1. The van der Waals surface area contributed by atoms with Crippen LogP contribution >= 0.6 is 0 Å². The summed E-state index contributed by atoms with van der Waals surface area (Å²) in [6.45, 7) is 3.80. The van der Waals surface area contributed by atoms with Gasteiger partial charge in [-0.3, -0.25) is 19.1 Å². The fourth-order valence-corrected chi connectivity index (χ4v) is 5.07. The van der Waals surface area contributed by atoms with Crippen LogP contribution in [0.1, 0.15) is 29.3 Å². The Balaban J connectivity index is 1.40. The number of rotatable bonds is 8. The Hall–Kier alpha value is -5.30. The molecule has 12 nitrogen and oxygen atoms in total. The fourth-order valence-electron chi connectivity index (χ4n) is 5.07. The molecule has 1 aliphatic carbocycles. The number of pyridine rings is 1. The zero-order valence-corrected chi connectivity index (χ0v) is 23.7. The Kier molecular flexibility index (Phi) is 7.47. The summed E-state index contributed by atoms with van der Waals surface area (Å²) in [5.41, 5.74) is 5.49. The van der Waals surface area contributed by atoms with Gasteiger partial charge >= 0.3 is 0 Å². The summed E-state index contributed by atoms with van der Waals surface area (Å²) in [6.07, 6.45) is 9.44. The molecule has 13 heteroatoms. The van der Waals surface area contributed by atoms with Crippen molar-refractivity contribution in [3.05, 3.63) is 93.9 Å². The summed E-state index contributed by atoms with van der Waals surface area (Å²) in [4.78, 5) is 35.5. The maximum absolute atomic E-state index is 14.1. The van der Waals surface area contributed by atoms with Gasteiger partial charge in [-0.2, -0.15) is 0 Å². The molecule has 0 radical (unpaired) electrons. The number of aromatic nitrogens is 8. The van der Waals surface area contributed by atoms with Gasteiger partial charge in [-0.1, -0.05) is 24.3 Å². The number of amides is 1. The van der Waals surface area contributed by atoms with E-state index in [-0.39, 0.29) is 18.1 Å². The third-order valence-electron chi connectivity index (χ3n) is 7.52. The molecular weight excluding hydrogens is 551 g/mol. The van der Waals surface area contributed by atoms with Crippen LogP contribution in [0.3, 0.4) is 0 Å². The van der Waals surface area contributed by atoms with E-state index in [1.807, 2.05) is 48.0 Å². The van der Waals surface area contributed by atoms with Gasteiger partial charge in [0.05, 0.1) is 30.7 Å². The van der Waals surface area contributed by atoms with E-state index in [4.69, 9.17) is 0 Å². The minimum absolute atomic E-state index is 0.0605. The molecule has 43 heavy (non-hydrogen) atoms. The molecular formula is C30H29FN10O2. The molecule has 2 atom stereocenters. The number of halogens is 1. The summed E-state index contributed by atoms with van der Waals surface area (Å²) >= 11 is 0. The Morgan fingerprint density at radius 1 is 1.19 bits per heavy atom. The SMILES string of the molecule is CN[C@@H](C)C(=O)Nc1cnc(-c2ccc(-c3nnn[nH]3)cc2)n(Cc2cncc(-n3cc(C)c4c3C=CC(F)C4)c2)c1=O. The lowest BCUT2D eigenvalue weighted by Crippen LogP contribution is -2.38. The normalized spacial score (nSPS) is 14.8. The lowest BCUT2D eigenvalue weighted by molar-refractivity contribution is -0.117. The monoisotopic (exact) mass is 580 g/mol. The van der Waals surface area contributed by atoms with Gasteiger partial charge in [0, 0.05) is 35.6 Å². The van der Waals surface area contributed by atoms with E-state index < -0.39 is 17.8 Å². The van der Waals surface area contributed by atoms with Crippen molar-refractivity contribution in [1.29, 1.82) is 0 Å². The molecule has 5 aromatic rings. The number of hydrogen-bond acceptors (Lipinski definition) is 8. The first kappa shape index (κ1) is 27.8. The lowest BCUT2D eigenvalue weighted by atomic mass is 10.00. The molecule has 0 fully saturated rings. The van der Waals surface area contributed by atoms with Gasteiger partial charge < -0.3 is 15.2 Å². The van der Waals surface area contributed by atoms with Crippen LogP contribution in [0, 0.1) is 6.92 Å². The Morgan fingerprint density at radius 3 is 2.72 bits per heavy atom. The average molecular weight is 581 g/mol. The summed E-state index contributed by atoms with van der Waals surface area (Å²) in [5.74, 6) is 0.560. The van der Waals surface area contributed by atoms with Crippen LogP contribution in [-0.2, 0) is 17.8 Å². The molecule has 0 bridgehead atoms. The number of carbonyl (C=O) groups excluding carboxylic acids is 1. The number of benzene rings is 1. The number of H-pyrrole nitrogens is 1. The zero-order valence-electron chi connectivity index (χ0n) is 23.7. The van der Waals surface area contributed by atoms with Gasteiger partial charge in [0.2, 0.25) is 5.91 Å². The summed E-state index contributed by atoms with van der Waals surface area (Å²) in [5, 5.41) is 19.5. The number of hydrogen-bond donors (Lipinski definition) is 3. The Morgan fingerprint density at radius 2 is 1.98 bits per heavy atom. The van der Waals surface area contributed by atoms with Crippen molar-refractivity contribution in [3.8, 4) is 28.5 Å². The highest BCUT2D eigenvalue weighted by atomic mass is 19.1. The van der Waals surface area contributed by atoms with E-state index in [0.717, 1.165) is 33.6 Å². The minimum Gasteiger partial charge on any atom is -0.319 e. The van der Waals surface area contributed by atoms with Crippen molar-refractivity contribution in [2.24, 2.45) is 0 Å². The Bertz CT molecular complexity index is 1880. The maximum atomic E-state index is 14.1. The molecule has 3 N–H and O–H groups in total. The van der Waals surface area contributed by atoms with E-state index in [1.54, 1.807) is 38.5 Å². The standard InChI is InChI=1S/C30H29FN10O2/c1-17-15-40(26-9-8-22(31)11-24(17)26)23-10-19(12-33-13-23)16-41-28(21-6-4-20(5-7-21)27-36-38-39-37-27)34-14-25(30(41)43)35-29(42)18(2)32-3/h4-10,12-15,18,22,32H,11,16H2,1-3H3,(H,35,42)(H,36,37,38,39)/t18-,22?/m0/s1. The highest BCUT2D eigenvalue weighted by Gasteiger charge is 2.21. The van der Waals surface area contributed by atoms with Gasteiger partial charge in [-0.25, -0.2) is 14.5 Å². The average Bonchev–Trinajstić information content (AvgIpc) is 3.67. The van der Waals surface area contributed by atoms with Crippen LogP contribution in [0.15, 0.2) is 66.0 Å². The van der Waals surface area contributed by atoms with Gasteiger partial charge in [0.1, 0.15) is 17.7 Å². The second-order valence-corrected chi connectivity index (χ2v) is 10.4. The van der Waals surface area contributed by atoms with Crippen molar-refractivity contribution in [3.63, 3.8) is 0 Å². The second kappa shape index (κ2) is 11.5. The van der Waals surface area contributed by atoms with E-state index in [1.165, 1.54) is 10.8 Å². The van der Waals surface area contributed by atoms with Gasteiger partial charge in [0.15, 0.2) is 5.82 Å². The first-order valence-corrected chi connectivity index (χ1v) is 13.7. The van der Waals surface area contributed by atoms with Crippen molar-refractivity contribution in [1.82, 2.24) is 45.0 Å². The number of likely N-dealkylation sites (N-methyl/N-ethyl adjacent to an activating group) is 1. The number of nitrogens with zero attached hydrogens (tertiary/aromatic N) is 7. The molecule has 1 unspecified atom stereocenters. The first-order valence-electron chi connectivity index (χ1n) is 13.7. The zero-order chi connectivity index (χ0) is 30.1. The minimum atomic E-state index is -1.00. The number of aryl methyl sites for hydroxylation is 1. The highest BCUT2D eigenvalue weighted by molar-refractivity contribution is 5.94. The number of alkyl halides is 1. The maximum Gasteiger partial charge on any atom is 0.277 e.